The molecule has 0 aromatic heterocycles. The molecular weight excluding hydrogens is 204 g/mol. The summed E-state index contributed by atoms with van der Waals surface area (Å²) in [6.45, 7) is 7.99. The monoisotopic (exact) mass is 228 g/mol. The molecule has 0 spiro atoms. The van der Waals surface area contributed by atoms with Gasteiger partial charge in [-0.2, -0.15) is 0 Å². The van der Waals surface area contributed by atoms with E-state index in [1.807, 2.05) is 18.7 Å². The van der Waals surface area contributed by atoms with Gasteiger partial charge in [-0.3, -0.25) is 4.79 Å². The fourth-order valence-electron chi connectivity index (χ4n) is 1.92. The van der Waals surface area contributed by atoms with Crippen LogP contribution in [0.25, 0.3) is 0 Å². The molecule has 1 aliphatic rings. The van der Waals surface area contributed by atoms with E-state index >= 15 is 0 Å². The summed E-state index contributed by atoms with van der Waals surface area (Å²) in [6.07, 6.45) is 1.71. The molecule has 94 valence electrons. The van der Waals surface area contributed by atoms with Crippen LogP contribution in [0.3, 0.4) is 0 Å². The van der Waals surface area contributed by atoms with Gasteiger partial charge in [-0.05, 0) is 18.8 Å². The highest BCUT2D eigenvalue weighted by molar-refractivity contribution is 5.73. The fourth-order valence-corrected chi connectivity index (χ4v) is 1.92. The van der Waals surface area contributed by atoms with E-state index in [1.165, 1.54) is 0 Å². The van der Waals surface area contributed by atoms with Gasteiger partial charge in [0.15, 0.2) is 0 Å². The molecule has 1 unspecified atom stereocenters. The van der Waals surface area contributed by atoms with Crippen LogP contribution in [-0.2, 0) is 4.79 Å². The number of amides is 1. The number of nitrogens with zero attached hydrogens (tertiary/aromatic N) is 1. The highest BCUT2D eigenvalue weighted by atomic mass is 16.3. The van der Waals surface area contributed by atoms with Gasteiger partial charge in [0.2, 0.25) is 5.91 Å². The van der Waals surface area contributed by atoms with Crippen molar-refractivity contribution in [2.45, 2.75) is 45.8 Å². The van der Waals surface area contributed by atoms with E-state index in [0.717, 1.165) is 25.9 Å². The molecule has 0 saturated carbocycles. The second kappa shape index (κ2) is 6.21. The van der Waals surface area contributed by atoms with Crippen molar-refractivity contribution >= 4 is 5.91 Å². The maximum Gasteiger partial charge on any atom is 0.219 e. The zero-order valence-corrected chi connectivity index (χ0v) is 10.6. The van der Waals surface area contributed by atoms with Crippen LogP contribution >= 0.6 is 0 Å². The quantitative estimate of drug-likeness (QED) is 0.741. The number of likely N-dealkylation sites (tertiary alicyclic amines) is 1. The van der Waals surface area contributed by atoms with Crippen LogP contribution in [-0.4, -0.2) is 47.7 Å². The summed E-state index contributed by atoms with van der Waals surface area (Å²) in [7, 11) is 0. The Morgan fingerprint density at radius 1 is 1.44 bits per heavy atom. The topological polar surface area (TPSA) is 52.6 Å². The van der Waals surface area contributed by atoms with E-state index in [2.05, 4.69) is 5.32 Å². The van der Waals surface area contributed by atoms with Gasteiger partial charge in [0.1, 0.15) is 0 Å². The van der Waals surface area contributed by atoms with Crippen molar-refractivity contribution in [3.63, 3.8) is 0 Å². The van der Waals surface area contributed by atoms with Crippen molar-refractivity contribution in [1.29, 1.82) is 0 Å². The molecule has 1 rings (SSSR count). The first-order valence-electron chi connectivity index (χ1n) is 6.17. The van der Waals surface area contributed by atoms with Crippen molar-refractivity contribution in [3.8, 4) is 0 Å². The highest BCUT2D eigenvalue weighted by Gasteiger charge is 2.21. The van der Waals surface area contributed by atoms with E-state index < -0.39 is 0 Å². The number of rotatable bonds is 4. The van der Waals surface area contributed by atoms with Crippen LogP contribution in [0.5, 0.6) is 0 Å². The average molecular weight is 228 g/mol. The number of carbonyl (C=O) groups is 1. The molecule has 16 heavy (non-hydrogen) atoms. The van der Waals surface area contributed by atoms with Gasteiger partial charge in [-0.1, -0.05) is 13.8 Å². The summed E-state index contributed by atoms with van der Waals surface area (Å²) in [5, 5.41) is 13.0. The molecular formula is C12H24N2O2. The Morgan fingerprint density at radius 3 is 2.44 bits per heavy atom. The Balaban J connectivity index is 2.20. The third kappa shape index (κ3) is 4.10. The number of aliphatic hydroxyl groups is 1. The molecule has 0 radical (unpaired) electrons. The van der Waals surface area contributed by atoms with Crippen LogP contribution in [0.15, 0.2) is 0 Å². The molecule has 0 aromatic rings. The number of piperidine rings is 1. The number of carbonyl (C=O) groups excluding carboxylic acids is 1. The van der Waals surface area contributed by atoms with Crippen molar-refractivity contribution in [3.05, 3.63) is 0 Å². The zero-order valence-electron chi connectivity index (χ0n) is 10.6. The Labute approximate surface area is 98.0 Å². The lowest BCUT2D eigenvalue weighted by molar-refractivity contribution is -0.129. The molecule has 2 N–H and O–H groups in total. The van der Waals surface area contributed by atoms with Crippen molar-refractivity contribution in [1.82, 2.24) is 10.2 Å². The lowest BCUT2D eigenvalue weighted by Gasteiger charge is -2.32. The number of hydrogen-bond donors (Lipinski definition) is 2. The van der Waals surface area contributed by atoms with Crippen molar-refractivity contribution in [2.75, 3.05) is 19.6 Å². The summed E-state index contributed by atoms with van der Waals surface area (Å²) in [5.74, 6) is 0.463. The highest BCUT2D eigenvalue weighted by Crippen LogP contribution is 2.10. The molecule has 1 aliphatic heterocycles. The molecule has 1 saturated heterocycles. The zero-order chi connectivity index (χ0) is 12.1. The molecule has 1 fully saturated rings. The minimum Gasteiger partial charge on any atom is -0.392 e. The molecule has 1 amide bonds. The summed E-state index contributed by atoms with van der Waals surface area (Å²) in [6, 6.07) is 0.448. The van der Waals surface area contributed by atoms with Crippen LogP contribution in [0.1, 0.15) is 33.6 Å². The normalized spacial score (nSPS) is 20.2. The second-order valence-corrected chi connectivity index (χ2v) is 5.00. The first kappa shape index (κ1) is 13.5. The van der Waals surface area contributed by atoms with Gasteiger partial charge in [-0.25, -0.2) is 0 Å². The van der Waals surface area contributed by atoms with Crippen LogP contribution in [0, 0.1) is 5.92 Å². The Hall–Kier alpha value is -0.610. The van der Waals surface area contributed by atoms with Crippen LogP contribution < -0.4 is 5.32 Å². The summed E-state index contributed by atoms with van der Waals surface area (Å²) < 4.78 is 0. The largest absolute Gasteiger partial charge is 0.392 e. The predicted octanol–water partition coefficient (Wildman–Crippen LogP) is 0.604. The Morgan fingerprint density at radius 2 is 2.00 bits per heavy atom. The summed E-state index contributed by atoms with van der Waals surface area (Å²) in [4.78, 5) is 13.0. The maximum absolute atomic E-state index is 11.1. The summed E-state index contributed by atoms with van der Waals surface area (Å²) in [5.41, 5.74) is 0. The van der Waals surface area contributed by atoms with Gasteiger partial charge in [0, 0.05) is 32.6 Å². The lowest BCUT2D eigenvalue weighted by atomic mass is 10.0. The van der Waals surface area contributed by atoms with E-state index in [4.69, 9.17) is 0 Å². The average Bonchev–Trinajstić information content (AvgIpc) is 2.26. The first-order chi connectivity index (χ1) is 7.50. The molecule has 0 aliphatic carbocycles. The van der Waals surface area contributed by atoms with E-state index in [-0.39, 0.29) is 12.0 Å². The molecule has 0 aromatic carbocycles. The molecule has 4 nitrogen and oxygen atoms in total. The van der Waals surface area contributed by atoms with Crippen molar-refractivity contribution in [2.24, 2.45) is 5.92 Å². The van der Waals surface area contributed by atoms with Crippen LogP contribution in [0.2, 0.25) is 0 Å². The summed E-state index contributed by atoms with van der Waals surface area (Å²) >= 11 is 0. The van der Waals surface area contributed by atoms with E-state index in [0.29, 0.717) is 18.5 Å². The molecule has 4 heteroatoms. The SMILES string of the molecule is CC(=O)N1CCC(NCC(O)C(C)C)CC1. The molecule has 1 heterocycles. The molecule has 1 atom stereocenters. The Kier molecular flexibility index (Phi) is 5.22. The molecule has 0 bridgehead atoms. The fraction of sp³-hybridized carbons (Fsp3) is 0.917. The first-order valence-corrected chi connectivity index (χ1v) is 6.17. The number of nitrogens with one attached hydrogen (secondary N) is 1. The lowest BCUT2D eigenvalue weighted by Crippen LogP contribution is -2.46. The van der Waals surface area contributed by atoms with Gasteiger partial charge in [0.05, 0.1) is 6.10 Å². The maximum atomic E-state index is 11.1. The third-order valence-electron chi connectivity index (χ3n) is 3.33. The smallest absolute Gasteiger partial charge is 0.219 e. The van der Waals surface area contributed by atoms with Crippen LogP contribution in [0.4, 0.5) is 0 Å². The number of aliphatic hydroxyl groups excluding tert-OH is 1. The van der Waals surface area contributed by atoms with Crippen molar-refractivity contribution < 1.29 is 9.90 Å². The number of hydrogen-bond acceptors (Lipinski definition) is 3. The van der Waals surface area contributed by atoms with Gasteiger partial charge in [0.25, 0.3) is 0 Å². The third-order valence-corrected chi connectivity index (χ3v) is 3.33. The minimum absolute atomic E-state index is 0.167. The predicted molar refractivity (Wildman–Crippen MR) is 64.1 cm³/mol. The van der Waals surface area contributed by atoms with Gasteiger partial charge in [-0.15, -0.1) is 0 Å². The minimum atomic E-state index is -0.272. The van der Waals surface area contributed by atoms with Gasteiger partial charge >= 0.3 is 0 Å². The standard InChI is InChI=1S/C12H24N2O2/c1-9(2)12(16)8-13-11-4-6-14(7-5-11)10(3)15/h9,11-13,16H,4-8H2,1-3H3. The van der Waals surface area contributed by atoms with E-state index in [9.17, 15) is 9.90 Å². The van der Waals surface area contributed by atoms with Gasteiger partial charge < -0.3 is 15.3 Å². The Bertz CT molecular complexity index is 223. The second-order valence-electron chi connectivity index (χ2n) is 5.00. The van der Waals surface area contributed by atoms with E-state index in [1.54, 1.807) is 6.92 Å².